The van der Waals surface area contributed by atoms with E-state index in [0.29, 0.717) is 22.9 Å². The predicted octanol–water partition coefficient (Wildman–Crippen LogP) is 3.74. The van der Waals surface area contributed by atoms with E-state index in [1.54, 1.807) is 24.3 Å². The van der Waals surface area contributed by atoms with Crippen molar-refractivity contribution in [2.75, 3.05) is 24.9 Å². The molecule has 0 radical (unpaired) electrons. The van der Waals surface area contributed by atoms with Gasteiger partial charge in [0.15, 0.2) is 11.7 Å². The molecule has 0 saturated carbocycles. The average Bonchev–Trinajstić information content (AvgIpc) is 2.73. The van der Waals surface area contributed by atoms with Crippen molar-refractivity contribution in [3.63, 3.8) is 0 Å². The molecule has 0 aromatic heterocycles. The van der Waals surface area contributed by atoms with Gasteiger partial charge in [0.25, 0.3) is 0 Å². The van der Waals surface area contributed by atoms with E-state index in [4.69, 9.17) is 9.47 Å². The van der Waals surface area contributed by atoms with Crippen LogP contribution in [0, 0.1) is 0 Å². The second-order valence-corrected chi connectivity index (χ2v) is 5.74. The first kappa shape index (κ1) is 19.1. The number of benzene rings is 2. The van der Waals surface area contributed by atoms with Crippen molar-refractivity contribution >= 4 is 22.9 Å². The molecule has 0 heterocycles. The van der Waals surface area contributed by atoms with Gasteiger partial charge in [0.05, 0.1) is 14.2 Å². The Bertz CT molecular complexity index is 899. The highest BCUT2D eigenvalue weighted by molar-refractivity contribution is 6.25. The molecular formula is C20H16F2N2O4. The van der Waals surface area contributed by atoms with Crippen LogP contribution in [0.5, 0.6) is 11.5 Å². The number of hydrogen-bond donors (Lipinski definition) is 2. The summed E-state index contributed by atoms with van der Waals surface area (Å²) in [4.78, 5) is 24.6. The number of hydrogen-bond acceptors (Lipinski definition) is 6. The van der Waals surface area contributed by atoms with Crippen molar-refractivity contribution in [1.29, 1.82) is 0 Å². The van der Waals surface area contributed by atoms with Crippen LogP contribution in [0.3, 0.4) is 0 Å². The first-order valence-corrected chi connectivity index (χ1v) is 8.15. The summed E-state index contributed by atoms with van der Waals surface area (Å²) in [5.41, 5.74) is -0.918. The molecule has 1 aliphatic carbocycles. The van der Waals surface area contributed by atoms with Crippen molar-refractivity contribution in [2.45, 2.75) is 0 Å². The zero-order chi connectivity index (χ0) is 20.3. The molecule has 0 unspecified atom stereocenters. The topological polar surface area (TPSA) is 76.7 Å². The van der Waals surface area contributed by atoms with Gasteiger partial charge in [-0.15, -0.1) is 0 Å². The number of allylic oxidation sites excluding steroid dienone is 2. The maximum absolute atomic E-state index is 14.5. The van der Waals surface area contributed by atoms with E-state index >= 15 is 0 Å². The fourth-order valence-electron chi connectivity index (χ4n) is 2.51. The van der Waals surface area contributed by atoms with Gasteiger partial charge in [-0.25, -0.2) is 8.78 Å². The fraction of sp³-hybridized carbons (Fsp3) is 0.100. The molecule has 3 rings (SSSR count). The summed E-state index contributed by atoms with van der Waals surface area (Å²) in [6.07, 6.45) is 0. The minimum Gasteiger partial charge on any atom is -0.497 e. The molecule has 144 valence electrons. The Kier molecular flexibility index (Phi) is 5.39. The Balaban J connectivity index is 1.84. The smallest absolute Gasteiger partial charge is 0.242 e. The Morgan fingerprint density at radius 2 is 0.964 bits per heavy atom. The van der Waals surface area contributed by atoms with Crippen LogP contribution < -0.4 is 20.1 Å². The number of methoxy groups -OCH3 is 2. The van der Waals surface area contributed by atoms with Crippen molar-refractivity contribution < 1.29 is 27.8 Å². The van der Waals surface area contributed by atoms with E-state index in [2.05, 4.69) is 10.6 Å². The van der Waals surface area contributed by atoms with Crippen LogP contribution in [-0.2, 0) is 9.59 Å². The molecule has 8 heteroatoms. The van der Waals surface area contributed by atoms with Gasteiger partial charge < -0.3 is 20.1 Å². The lowest BCUT2D eigenvalue weighted by Crippen LogP contribution is -2.28. The van der Waals surface area contributed by atoms with Gasteiger partial charge >= 0.3 is 0 Å². The molecule has 0 fully saturated rings. The van der Waals surface area contributed by atoms with Crippen molar-refractivity contribution in [1.82, 2.24) is 0 Å². The Labute approximate surface area is 159 Å². The maximum atomic E-state index is 14.5. The number of ether oxygens (including phenoxy) is 2. The molecule has 0 bridgehead atoms. The minimum atomic E-state index is -1.38. The molecule has 6 nitrogen and oxygen atoms in total. The van der Waals surface area contributed by atoms with Crippen molar-refractivity contribution in [3.05, 3.63) is 71.6 Å². The molecule has 0 amide bonds. The molecule has 2 aromatic rings. The Morgan fingerprint density at radius 1 is 0.643 bits per heavy atom. The third kappa shape index (κ3) is 3.71. The molecule has 0 saturated heterocycles. The van der Waals surface area contributed by atoms with Crippen LogP contribution >= 0.6 is 0 Å². The SMILES string of the molecule is COc1ccc(NC2=C(F)C(=O)C(Nc3ccc(OC)cc3)=C(F)C2=O)cc1. The normalized spacial score (nSPS) is 14.3. The number of rotatable bonds is 6. The summed E-state index contributed by atoms with van der Waals surface area (Å²) in [6.45, 7) is 0. The second-order valence-electron chi connectivity index (χ2n) is 5.74. The maximum Gasteiger partial charge on any atom is 0.242 e. The third-order valence-corrected chi connectivity index (χ3v) is 4.01. The lowest BCUT2D eigenvalue weighted by molar-refractivity contribution is -0.118. The highest BCUT2D eigenvalue weighted by atomic mass is 19.1. The van der Waals surface area contributed by atoms with Gasteiger partial charge in [-0.2, -0.15) is 0 Å². The fourth-order valence-corrected chi connectivity index (χ4v) is 2.51. The highest BCUT2D eigenvalue weighted by Gasteiger charge is 2.36. The molecule has 28 heavy (non-hydrogen) atoms. The quantitative estimate of drug-likeness (QED) is 0.737. The molecule has 0 spiro atoms. The number of carbonyl (C=O) groups excluding carboxylic acids is 2. The summed E-state index contributed by atoms with van der Waals surface area (Å²) >= 11 is 0. The van der Waals surface area contributed by atoms with Gasteiger partial charge in [-0.1, -0.05) is 0 Å². The van der Waals surface area contributed by atoms with Gasteiger partial charge in [0.1, 0.15) is 22.9 Å². The minimum absolute atomic E-state index is 0.298. The lowest BCUT2D eigenvalue weighted by Gasteiger charge is -2.18. The molecule has 1 aliphatic rings. The van der Waals surface area contributed by atoms with Gasteiger partial charge in [-0.05, 0) is 48.5 Å². The predicted molar refractivity (Wildman–Crippen MR) is 99.5 cm³/mol. The highest BCUT2D eigenvalue weighted by Crippen LogP contribution is 2.29. The Hall–Kier alpha value is -3.68. The van der Waals surface area contributed by atoms with Gasteiger partial charge in [0, 0.05) is 11.4 Å². The third-order valence-electron chi connectivity index (χ3n) is 4.01. The van der Waals surface area contributed by atoms with E-state index < -0.39 is 34.6 Å². The molecular weight excluding hydrogens is 370 g/mol. The summed E-state index contributed by atoms with van der Waals surface area (Å²) < 4.78 is 39.1. The lowest BCUT2D eigenvalue weighted by atomic mass is 10.0. The number of nitrogens with one attached hydrogen (secondary N) is 2. The number of anilines is 2. The first-order valence-electron chi connectivity index (χ1n) is 8.15. The Morgan fingerprint density at radius 3 is 1.25 bits per heavy atom. The second kappa shape index (κ2) is 7.91. The zero-order valence-electron chi connectivity index (χ0n) is 15.0. The monoisotopic (exact) mass is 386 g/mol. The molecule has 0 aliphatic heterocycles. The van der Waals surface area contributed by atoms with Gasteiger partial charge in [-0.3, -0.25) is 9.59 Å². The van der Waals surface area contributed by atoms with E-state index in [0.717, 1.165) is 0 Å². The zero-order valence-corrected chi connectivity index (χ0v) is 15.0. The molecule has 2 aromatic carbocycles. The standard InChI is InChI=1S/C20H16F2N2O4/c1-27-13-7-3-11(4-8-13)23-17-15(21)20(26)18(16(22)19(17)25)24-12-5-9-14(28-2)10-6-12/h3-10,23-24H,1-2H3. The summed E-state index contributed by atoms with van der Waals surface area (Å²) in [5.74, 6) is -4.18. The number of halogens is 2. The summed E-state index contributed by atoms with van der Waals surface area (Å²) in [6, 6.07) is 12.3. The number of Topliss-reactive ketones (excluding diaryl/α,β-unsaturated/α-hetero) is 2. The average molecular weight is 386 g/mol. The number of carbonyl (C=O) groups is 2. The van der Waals surface area contributed by atoms with Crippen LogP contribution in [0.25, 0.3) is 0 Å². The van der Waals surface area contributed by atoms with Crippen LogP contribution in [0.4, 0.5) is 20.2 Å². The van der Waals surface area contributed by atoms with Crippen molar-refractivity contribution in [3.8, 4) is 11.5 Å². The van der Waals surface area contributed by atoms with Crippen LogP contribution in [0.1, 0.15) is 0 Å². The van der Waals surface area contributed by atoms with Crippen molar-refractivity contribution in [2.24, 2.45) is 0 Å². The van der Waals surface area contributed by atoms with E-state index in [1.807, 2.05) is 0 Å². The van der Waals surface area contributed by atoms with E-state index in [9.17, 15) is 18.4 Å². The largest absolute Gasteiger partial charge is 0.497 e. The first-order chi connectivity index (χ1) is 13.4. The van der Waals surface area contributed by atoms with Crippen LogP contribution in [0.15, 0.2) is 71.6 Å². The number of ketones is 2. The van der Waals surface area contributed by atoms with Gasteiger partial charge in [0.2, 0.25) is 11.6 Å². The van der Waals surface area contributed by atoms with E-state index in [1.165, 1.54) is 38.5 Å². The van der Waals surface area contributed by atoms with Crippen LogP contribution in [0.2, 0.25) is 0 Å². The molecule has 0 atom stereocenters. The van der Waals surface area contributed by atoms with Crippen LogP contribution in [-0.4, -0.2) is 25.8 Å². The summed E-state index contributed by atoms with van der Waals surface area (Å²) in [5, 5.41) is 4.90. The summed E-state index contributed by atoms with van der Waals surface area (Å²) in [7, 11) is 2.96. The molecule has 2 N–H and O–H groups in total. The van der Waals surface area contributed by atoms with E-state index in [-0.39, 0.29) is 0 Å².